The molecule has 1 aliphatic carbocycles. The van der Waals surface area contributed by atoms with E-state index >= 15 is 0 Å². The van der Waals surface area contributed by atoms with Gasteiger partial charge in [0.1, 0.15) is 5.56 Å². The number of aromatic nitrogens is 1. The van der Waals surface area contributed by atoms with Gasteiger partial charge in [0.25, 0.3) is 5.91 Å². The summed E-state index contributed by atoms with van der Waals surface area (Å²) in [5.74, 6) is -1.46. The van der Waals surface area contributed by atoms with Crippen molar-refractivity contribution in [1.82, 2.24) is 10.3 Å². The van der Waals surface area contributed by atoms with E-state index in [1.165, 1.54) is 7.11 Å². The SMILES string of the molecule is COc1ncccc1C(=O)NC1CCCCCCC1C(=O)O. The maximum Gasteiger partial charge on any atom is 0.308 e. The van der Waals surface area contributed by atoms with Gasteiger partial charge in [-0.2, -0.15) is 0 Å². The van der Waals surface area contributed by atoms with Crippen molar-refractivity contribution in [3.63, 3.8) is 0 Å². The summed E-state index contributed by atoms with van der Waals surface area (Å²) in [5, 5.41) is 12.3. The van der Waals surface area contributed by atoms with Crippen LogP contribution in [0.2, 0.25) is 0 Å². The average molecular weight is 306 g/mol. The lowest BCUT2D eigenvalue weighted by Gasteiger charge is -2.27. The third-order valence-electron chi connectivity index (χ3n) is 4.11. The largest absolute Gasteiger partial charge is 0.481 e. The summed E-state index contributed by atoms with van der Waals surface area (Å²) in [4.78, 5) is 27.9. The highest BCUT2D eigenvalue weighted by Crippen LogP contribution is 2.24. The van der Waals surface area contributed by atoms with Crippen molar-refractivity contribution < 1.29 is 19.4 Å². The summed E-state index contributed by atoms with van der Waals surface area (Å²) in [6.07, 6.45) is 6.79. The van der Waals surface area contributed by atoms with Crippen LogP contribution in [0.15, 0.2) is 18.3 Å². The van der Waals surface area contributed by atoms with E-state index < -0.39 is 11.9 Å². The molecule has 1 aliphatic rings. The zero-order valence-electron chi connectivity index (χ0n) is 12.7. The third-order valence-corrected chi connectivity index (χ3v) is 4.11. The Morgan fingerprint density at radius 2 is 2.00 bits per heavy atom. The number of hydrogen-bond donors (Lipinski definition) is 2. The summed E-state index contributed by atoms with van der Waals surface area (Å²) in [6, 6.07) is 2.93. The number of aliphatic carboxylic acids is 1. The quantitative estimate of drug-likeness (QED) is 0.890. The van der Waals surface area contributed by atoms with Crippen molar-refractivity contribution in [2.24, 2.45) is 5.92 Å². The molecule has 0 spiro atoms. The number of ether oxygens (including phenoxy) is 1. The molecule has 0 bridgehead atoms. The van der Waals surface area contributed by atoms with Crippen LogP contribution in [0.3, 0.4) is 0 Å². The number of nitrogens with one attached hydrogen (secondary N) is 1. The lowest BCUT2D eigenvalue weighted by molar-refractivity contribution is -0.143. The zero-order valence-corrected chi connectivity index (χ0v) is 12.7. The third kappa shape index (κ3) is 3.96. The predicted molar refractivity (Wildman–Crippen MR) is 80.9 cm³/mol. The van der Waals surface area contributed by atoms with Crippen LogP contribution >= 0.6 is 0 Å². The van der Waals surface area contributed by atoms with Crippen molar-refractivity contribution in [2.45, 2.75) is 44.6 Å². The molecule has 1 fully saturated rings. The highest BCUT2D eigenvalue weighted by molar-refractivity contribution is 5.96. The van der Waals surface area contributed by atoms with Crippen molar-refractivity contribution in [2.75, 3.05) is 7.11 Å². The monoisotopic (exact) mass is 306 g/mol. The molecular formula is C16H22N2O4. The van der Waals surface area contributed by atoms with Crippen molar-refractivity contribution in [3.8, 4) is 5.88 Å². The van der Waals surface area contributed by atoms with Gasteiger partial charge in [-0.05, 0) is 25.0 Å². The van der Waals surface area contributed by atoms with E-state index in [0.29, 0.717) is 18.4 Å². The van der Waals surface area contributed by atoms with E-state index in [9.17, 15) is 14.7 Å². The molecule has 0 aliphatic heterocycles. The molecule has 0 radical (unpaired) electrons. The van der Waals surface area contributed by atoms with Crippen LogP contribution in [0.4, 0.5) is 0 Å². The Morgan fingerprint density at radius 1 is 1.27 bits per heavy atom. The molecule has 2 unspecified atom stereocenters. The Morgan fingerprint density at radius 3 is 2.68 bits per heavy atom. The molecule has 0 saturated heterocycles. The topological polar surface area (TPSA) is 88.5 Å². The summed E-state index contributed by atoms with van der Waals surface area (Å²) in [5.41, 5.74) is 0.330. The molecule has 2 N–H and O–H groups in total. The minimum absolute atomic E-state index is 0.248. The molecule has 120 valence electrons. The van der Waals surface area contributed by atoms with Crippen LogP contribution in [0.1, 0.15) is 48.9 Å². The number of pyridine rings is 1. The van der Waals surface area contributed by atoms with E-state index in [1.807, 2.05) is 0 Å². The lowest BCUT2D eigenvalue weighted by atomic mass is 9.86. The standard InChI is InChI=1S/C16H22N2O4/c1-22-15-12(8-6-10-17-15)14(19)18-13-9-5-3-2-4-7-11(13)16(20)21/h6,8,10-11,13H,2-5,7,9H2,1H3,(H,18,19)(H,20,21). The van der Waals surface area contributed by atoms with Gasteiger partial charge in [-0.3, -0.25) is 9.59 Å². The van der Waals surface area contributed by atoms with Gasteiger partial charge in [-0.1, -0.05) is 25.7 Å². The van der Waals surface area contributed by atoms with Crippen LogP contribution in [-0.2, 0) is 4.79 Å². The van der Waals surface area contributed by atoms with Gasteiger partial charge < -0.3 is 15.2 Å². The van der Waals surface area contributed by atoms with E-state index in [0.717, 1.165) is 25.7 Å². The van der Waals surface area contributed by atoms with E-state index in [-0.39, 0.29) is 17.8 Å². The van der Waals surface area contributed by atoms with Gasteiger partial charge in [0, 0.05) is 12.2 Å². The van der Waals surface area contributed by atoms with Crippen LogP contribution in [0.25, 0.3) is 0 Å². The van der Waals surface area contributed by atoms with Gasteiger partial charge in [0.2, 0.25) is 5.88 Å². The first-order valence-electron chi connectivity index (χ1n) is 7.66. The maximum absolute atomic E-state index is 12.4. The first-order chi connectivity index (χ1) is 10.6. The number of amides is 1. The molecular weight excluding hydrogens is 284 g/mol. The van der Waals surface area contributed by atoms with Crippen LogP contribution in [0, 0.1) is 5.92 Å². The van der Waals surface area contributed by atoms with Crippen molar-refractivity contribution in [1.29, 1.82) is 0 Å². The van der Waals surface area contributed by atoms with Gasteiger partial charge in [0.15, 0.2) is 0 Å². The Labute approximate surface area is 129 Å². The molecule has 2 rings (SSSR count). The molecule has 6 heteroatoms. The summed E-state index contributed by atoms with van der Waals surface area (Å²) in [7, 11) is 1.45. The first kappa shape index (κ1) is 16.3. The molecule has 1 heterocycles. The van der Waals surface area contributed by atoms with Crippen LogP contribution in [-0.4, -0.2) is 35.1 Å². The van der Waals surface area contributed by atoms with Crippen LogP contribution < -0.4 is 10.1 Å². The number of rotatable bonds is 4. The Hall–Kier alpha value is -2.11. The maximum atomic E-state index is 12.4. The minimum Gasteiger partial charge on any atom is -0.481 e. The van der Waals surface area contributed by atoms with E-state index in [1.54, 1.807) is 18.3 Å². The summed E-state index contributed by atoms with van der Waals surface area (Å²) < 4.78 is 5.09. The van der Waals surface area contributed by atoms with Crippen molar-refractivity contribution >= 4 is 11.9 Å². The highest BCUT2D eigenvalue weighted by Gasteiger charge is 2.30. The van der Waals surface area contributed by atoms with E-state index in [4.69, 9.17) is 4.74 Å². The molecule has 1 aromatic rings. The number of carbonyl (C=O) groups excluding carboxylic acids is 1. The molecule has 22 heavy (non-hydrogen) atoms. The Balaban J connectivity index is 2.14. The zero-order chi connectivity index (χ0) is 15.9. The van der Waals surface area contributed by atoms with E-state index in [2.05, 4.69) is 10.3 Å². The summed E-state index contributed by atoms with van der Waals surface area (Å²) >= 11 is 0. The summed E-state index contributed by atoms with van der Waals surface area (Å²) in [6.45, 7) is 0. The molecule has 2 atom stereocenters. The molecule has 0 aromatic carbocycles. The van der Waals surface area contributed by atoms with Gasteiger partial charge in [-0.25, -0.2) is 4.98 Å². The van der Waals surface area contributed by atoms with Gasteiger partial charge in [0.05, 0.1) is 13.0 Å². The predicted octanol–water partition coefficient (Wildman–Crippen LogP) is 2.24. The molecule has 6 nitrogen and oxygen atoms in total. The van der Waals surface area contributed by atoms with Gasteiger partial charge >= 0.3 is 5.97 Å². The second-order valence-corrected chi connectivity index (χ2v) is 5.58. The number of nitrogens with zero attached hydrogens (tertiary/aromatic N) is 1. The van der Waals surface area contributed by atoms with Crippen molar-refractivity contribution in [3.05, 3.63) is 23.9 Å². The molecule has 1 amide bonds. The van der Waals surface area contributed by atoms with Gasteiger partial charge in [-0.15, -0.1) is 0 Å². The fourth-order valence-corrected chi connectivity index (χ4v) is 2.93. The average Bonchev–Trinajstić information content (AvgIpc) is 2.49. The second kappa shape index (κ2) is 7.77. The Bertz CT molecular complexity index is 533. The second-order valence-electron chi connectivity index (χ2n) is 5.58. The molecule has 1 aromatic heterocycles. The smallest absolute Gasteiger partial charge is 0.308 e. The Kier molecular flexibility index (Phi) is 5.75. The number of carboxylic acids is 1. The number of carboxylic acid groups (broad SMARTS) is 1. The number of methoxy groups -OCH3 is 1. The lowest BCUT2D eigenvalue weighted by Crippen LogP contribution is -2.44. The fraction of sp³-hybridized carbons (Fsp3) is 0.562. The van der Waals surface area contributed by atoms with Crippen LogP contribution in [0.5, 0.6) is 5.88 Å². The number of hydrogen-bond acceptors (Lipinski definition) is 4. The minimum atomic E-state index is -0.842. The number of carbonyl (C=O) groups is 2. The normalized spacial score (nSPS) is 22.2. The fourth-order valence-electron chi connectivity index (χ4n) is 2.93. The first-order valence-corrected chi connectivity index (χ1v) is 7.66. The highest BCUT2D eigenvalue weighted by atomic mass is 16.5. The molecule has 1 saturated carbocycles.